The minimum absolute atomic E-state index is 0.0571. The molecule has 6 nitrogen and oxygen atoms in total. The van der Waals surface area contributed by atoms with E-state index >= 15 is 0 Å². The van der Waals surface area contributed by atoms with Crippen LogP contribution in [0.25, 0.3) is 0 Å². The van der Waals surface area contributed by atoms with E-state index in [2.05, 4.69) is 5.32 Å². The van der Waals surface area contributed by atoms with Crippen LogP contribution >= 0.6 is 0 Å². The van der Waals surface area contributed by atoms with Crippen LogP contribution < -0.4 is 5.32 Å². The Morgan fingerprint density at radius 3 is 2.32 bits per heavy atom. The van der Waals surface area contributed by atoms with Crippen molar-refractivity contribution in [3.05, 3.63) is 28.3 Å². The third-order valence-corrected chi connectivity index (χ3v) is 7.10. The van der Waals surface area contributed by atoms with Gasteiger partial charge >= 0.3 is 0 Å². The first-order valence-corrected chi connectivity index (χ1v) is 10.1. The average Bonchev–Trinajstić information content (AvgIpc) is 2.93. The van der Waals surface area contributed by atoms with Gasteiger partial charge < -0.3 is 10.4 Å². The molecule has 0 aromatic heterocycles. The predicted molar refractivity (Wildman–Crippen MR) is 97.0 cm³/mol. The van der Waals surface area contributed by atoms with Gasteiger partial charge in [0.25, 0.3) is 0 Å². The van der Waals surface area contributed by atoms with Crippen LogP contribution in [0.5, 0.6) is 0 Å². The van der Waals surface area contributed by atoms with Gasteiger partial charge in [-0.15, -0.1) is 0 Å². The Morgan fingerprint density at radius 2 is 1.80 bits per heavy atom. The lowest BCUT2D eigenvalue weighted by Crippen LogP contribution is -2.46. The monoisotopic (exact) mass is 368 g/mol. The number of aliphatic hydroxyl groups is 1. The van der Waals surface area contributed by atoms with E-state index in [1.165, 1.54) is 0 Å². The number of aliphatic hydroxyl groups excluding tert-OH is 1. The van der Waals surface area contributed by atoms with Crippen LogP contribution in [0.2, 0.25) is 0 Å². The zero-order chi connectivity index (χ0) is 18.9. The van der Waals surface area contributed by atoms with Crippen molar-refractivity contribution >= 4 is 15.9 Å². The topological polar surface area (TPSA) is 86.7 Å². The summed E-state index contributed by atoms with van der Waals surface area (Å²) in [5.41, 5.74) is 3.18. The van der Waals surface area contributed by atoms with Crippen molar-refractivity contribution in [2.24, 2.45) is 0 Å². The number of β-amino-alcohol motifs (C(OH)–C–C–N with tert-alkyl or cyclic N) is 1. The Labute approximate surface area is 150 Å². The lowest BCUT2D eigenvalue weighted by Gasteiger charge is -2.26. The summed E-state index contributed by atoms with van der Waals surface area (Å²) < 4.78 is 27.9. The van der Waals surface area contributed by atoms with Gasteiger partial charge in [-0.3, -0.25) is 4.79 Å². The van der Waals surface area contributed by atoms with E-state index < -0.39 is 22.2 Å². The predicted octanol–water partition coefficient (Wildman–Crippen LogP) is 1.57. The molecule has 0 spiro atoms. The molecule has 1 aliphatic rings. The molecule has 0 unspecified atom stereocenters. The molecule has 0 radical (unpaired) electrons. The molecule has 0 bridgehead atoms. The summed E-state index contributed by atoms with van der Waals surface area (Å²) in [4.78, 5) is 12.7. The van der Waals surface area contributed by atoms with Crippen molar-refractivity contribution < 1.29 is 18.3 Å². The molecule has 1 saturated heterocycles. The number of carbonyl (C=O) groups is 1. The van der Waals surface area contributed by atoms with Gasteiger partial charge in [-0.25, -0.2) is 8.42 Å². The highest BCUT2D eigenvalue weighted by molar-refractivity contribution is 7.89. The van der Waals surface area contributed by atoms with Gasteiger partial charge in [0.05, 0.1) is 11.0 Å². The molecule has 1 aromatic carbocycles. The third kappa shape index (κ3) is 3.73. The second kappa shape index (κ2) is 7.43. The van der Waals surface area contributed by atoms with Crippen LogP contribution in [0.3, 0.4) is 0 Å². The first-order valence-electron chi connectivity index (χ1n) is 8.66. The summed E-state index contributed by atoms with van der Waals surface area (Å²) in [6.07, 6.45) is 0.0550. The Balaban J connectivity index is 2.50. The molecule has 2 N–H and O–H groups in total. The van der Waals surface area contributed by atoms with Gasteiger partial charge in [0, 0.05) is 19.5 Å². The summed E-state index contributed by atoms with van der Waals surface area (Å²) in [5.74, 6) is -0.346. The van der Waals surface area contributed by atoms with Crippen molar-refractivity contribution in [1.29, 1.82) is 0 Å². The normalized spacial score (nSPS) is 21.5. The molecular formula is C18H28N2O4S. The van der Waals surface area contributed by atoms with Crippen molar-refractivity contribution in [1.82, 2.24) is 9.62 Å². The molecule has 25 heavy (non-hydrogen) atoms. The summed E-state index contributed by atoms with van der Waals surface area (Å²) in [6, 6.07) is 1.10. The minimum Gasteiger partial charge on any atom is -0.392 e. The standard InChI is InChI=1S/C18H28N2O4S/c1-6-7-19-18(22)16-9-15(21)10-20(16)25(23,24)17-13(4)11(2)8-12(3)14(17)5/h8,15-16,21H,6-7,9-10H2,1-5H3,(H,19,22)/t15-,16+/m1/s1. The zero-order valence-corrected chi connectivity index (χ0v) is 16.4. The fourth-order valence-electron chi connectivity index (χ4n) is 3.34. The van der Waals surface area contributed by atoms with Crippen LogP contribution in [0.1, 0.15) is 42.0 Å². The number of carbonyl (C=O) groups excluding carboxylic acids is 1. The fourth-order valence-corrected chi connectivity index (χ4v) is 5.55. The lowest BCUT2D eigenvalue weighted by molar-refractivity contribution is -0.124. The third-order valence-electron chi connectivity index (χ3n) is 4.95. The van der Waals surface area contributed by atoms with Crippen LogP contribution in [-0.4, -0.2) is 49.0 Å². The fraction of sp³-hybridized carbons (Fsp3) is 0.611. The second-order valence-corrected chi connectivity index (χ2v) is 8.69. The maximum atomic E-state index is 13.3. The minimum atomic E-state index is -3.88. The maximum Gasteiger partial charge on any atom is 0.244 e. The molecule has 1 aromatic rings. The number of hydrogen-bond acceptors (Lipinski definition) is 4. The van der Waals surface area contributed by atoms with Gasteiger partial charge in [0.1, 0.15) is 6.04 Å². The van der Waals surface area contributed by atoms with E-state index in [9.17, 15) is 18.3 Å². The van der Waals surface area contributed by atoms with E-state index in [1.807, 2.05) is 26.8 Å². The Kier molecular flexibility index (Phi) is 5.91. The molecule has 7 heteroatoms. The number of nitrogens with one attached hydrogen (secondary N) is 1. The Hall–Kier alpha value is -1.44. The van der Waals surface area contributed by atoms with Gasteiger partial charge in [-0.1, -0.05) is 13.0 Å². The SMILES string of the molecule is CCCNC(=O)[C@@H]1C[C@@H](O)CN1S(=O)(=O)c1c(C)c(C)cc(C)c1C. The van der Waals surface area contributed by atoms with Gasteiger partial charge in [0.2, 0.25) is 15.9 Å². The van der Waals surface area contributed by atoms with E-state index in [0.29, 0.717) is 17.7 Å². The van der Waals surface area contributed by atoms with E-state index in [0.717, 1.165) is 21.9 Å². The molecule has 0 saturated carbocycles. The number of rotatable bonds is 5. The van der Waals surface area contributed by atoms with E-state index in [4.69, 9.17) is 0 Å². The van der Waals surface area contributed by atoms with Gasteiger partial charge in [-0.05, 0) is 56.4 Å². The van der Waals surface area contributed by atoms with Crippen molar-refractivity contribution in [2.45, 2.75) is 64.5 Å². The van der Waals surface area contributed by atoms with Crippen molar-refractivity contribution in [3.63, 3.8) is 0 Å². The van der Waals surface area contributed by atoms with Crippen LogP contribution in [0, 0.1) is 27.7 Å². The first kappa shape index (κ1) is 19.9. The molecule has 1 fully saturated rings. The first-order chi connectivity index (χ1) is 11.6. The van der Waals surface area contributed by atoms with Crippen molar-refractivity contribution in [2.75, 3.05) is 13.1 Å². The highest BCUT2D eigenvalue weighted by atomic mass is 32.2. The highest BCUT2D eigenvalue weighted by Gasteiger charge is 2.44. The number of hydrogen-bond donors (Lipinski definition) is 2. The largest absolute Gasteiger partial charge is 0.392 e. The number of nitrogens with zero attached hydrogens (tertiary/aromatic N) is 1. The summed E-state index contributed by atoms with van der Waals surface area (Å²) >= 11 is 0. The number of aryl methyl sites for hydroxylation is 2. The lowest BCUT2D eigenvalue weighted by atomic mass is 10.0. The molecule has 0 aliphatic carbocycles. The quantitative estimate of drug-likeness (QED) is 0.826. The number of benzene rings is 1. The van der Waals surface area contributed by atoms with E-state index in [-0.39, 0.29) is 23.8 Å². The van der Waals surface area contributed by atoms with E-state index in [1.54, 1.807) is 13.8 Å². The molecule has 2 rings (SSSR count). The molecule has 1 aliphatic heterocycles. The smallest absolute Gasteiger partial charge is 0.244 e. The summed E-state index contributed by atoms with van der Waals surface area (Å²) in [7, 11) is -3.88. The van der Waals surface area contributed by atoms with Gasteiger partial charge in [-0.2, -0.15) is 4.31 Å². The zero-order valence-electron chi connectivity index (χ0n) is 15.6. The molecule has 1 heterocycles. The number of sulfonamides is 1. The van der Waals surface area contributed by atoms with Crippen LogP contribution in [-0.2, 0) is 14.8 Å². The highest BCUT2D eigenvalue weighted by Crippen LogP contribution is 2.32. The Bertz CT molecular complexity index is 748. The molecule has 140 valence electrons. The Morgan fingerprint density at radius 1 is 1.24 bits per heavy atom. The van der Waals surface area contributed by atoms with Crippen LogP contribution in [0.15, 0.2) is 11.0 Å². The maximum absolute atomic E-state index is 13.3. The second-order valence-electron chi connectivity index (χ2n) is 6.86. The average molecular weight is 368 g/mol. The number of amides is 1. The molecule has 1 amide bonds. The van der Waals surface area contributed by atoms with Crippen LogP contribution in [0.4, 0.5) is 0 Å². The van der Waals surface area contributed by atoms with Crippen molar-refractivity contribution in [3.8, 4) is 0 Å². The molecule has 2 atom stereocenters. The molecular weight excluding hydrogens is 340 g/mol. The summed E-state index contributed by atoms with van der Waals surface area (Å²) in [6.45, 7) is 9.69. The summed E-state index contributed by atoms with van der Waals surface area (Å²) in [5, 5.41) is 12.8. The van der Waals surface area contributed by atoms with Gasteiger partial charge in [0.15, 0.2) is 0 Å².